The summed E-state index contributed by atoms with van der Waals surface area (Å²) in [5, 5.41) is 0. The molecule has 0 fully saturated rings. The molecule has 3 heterocycles. The highest BCUT2D eigenvalue weighted by Crippen LogP contribution is 2.40. The fourth-order valence-electron chi connectivity index (χ4n) is 2.11. The van der Waals surface area contributed by atoms with Crippen LogP contribution in [0.1, 0.15) is 16.2 Å². The Hall–Kier alpha value is -1.41. The first-order valence-corrected chi connectivity index (χ1v) is 7.02. The Morgan fingerprint density at radius 3 is 2.95 bits per heavy atom. The lowest BCUT2D eigenvalue weighted by Crippen LogP contribution is -2.25. The molecular formula is C11H9Br2N5O. The molecule has 6 nitrogen and oxygen atoms in total. The number of carbonyl (C=O) groups is 1. The van der Waals surface area contributed by atoms with E-state index < -0.39 is 0 Å². The van der Waals surface area contributed by atoms with Crippen LogP contribution in [0.4, 0.5) is 5.95 Å². The Morgan fingerprint density at radius 1 is 1.47 bits per heavy atom. The molecule has 3 rings (SSSR count). The van der Waals surface area contributed by atoms with Gasteiger partial charge in [0.05, 0.1) is 21.3 Å². The first-order chi connectivity index (χ1) is 8.99. The van der Waals surface area contributed by atoms with Crippen LogP contribution in [-0.4, -0.2) is 32.8 Å². The highest BCUT2D eigenvalue weighted by molar-refractivity contribution is 9.13. The van der Waals surface area contributed by atoms with Gasteiger partial charge in [-0.1, -0.05) is 0 Å². The third kappa shape index (κ3) is 1.86. The highest BCUT2D eigenvalue weighted by atomic mass is 79.9. The van der Waals surface area contributed by atoms with Crippen molar-refractivity contribution in [3.63, 3.8) is 0 Å². The molecule has 0 radical (unpaired) electrons. The topological polar surface area (TPSA) is 87.9 Å². The SMILES string of the molecule is CN1Cc2nc(N)ncc2-c2c([nH]c(Br)c2Br)C1=O. The molecule has 1 amide bonds. The highest BCUT2D eigenvalue weighted by Gasteiger charge is 2.29. The van der Waals surface area contributed by atoms with E-state index in [9.17, 15) is 4.79 Å². The fourth-order valence-corrected chi connectivity index (χ4v) is 3.02. The number of aromatic amines is 1. The number of nitrogens with two attached hydrogens (primary N) is 1. The fraction of sp³-hybridized carbons (Fsp3) is 0.182. The van der Waals surface area contributed by atoms with E-state index in [0.717, 1.165) is 21.3 Å². The molecule has 2 aromatic rings. The maximum Gasteiger partial charge on any atom is 0.271 e. The maximum atomic E-state index is 12.3. The van der Waals surface area contributed by atoms with Crippen LogP contribution >= 0.6 is 31.9 Å². The maximum absolute atomic E-state index is 12.3. The molecule has 0 aliphatic carbocycles. The number of hydrogen-bond donors (Lipinski definition) is 2. The largest absolute Gasteiger partial charge is 0.368 e. The monoisotopic (exact) mass is 385 g/mol. The van der Waals surface area contributed by atoms with Crippen LogP contribution in [0, 0.1) is 0 Å². The Kier molecular flexibility index (Phi) is 2.86. The summed E-state index contributed by atoms with van der Waals surface area (Å²) in [7, 11) is 1.72. The van der Waals surface area contributed by atoms with Gasteiger partial charge in [0.2, 0.25) is 5.95 Å². The summed E-state index contributed by atoms with van der Waals surface area (Å²) in [6, 6.07) is 0. The van der Waals surface area contributed by atoms with Crippen molar-refractivity contribution in [3.05, 3.63) is 26.7 Å². The number of nitrogens with zero attached hydrogens (tertiary/aromatic N) is 3. The van der Waals surface area contributed by atoms with Crippen LogP contribution in [0.2, 0.25) is 0 Å². The molecule has 0 atom stereocenters. The van der Waals surface area contributed by atoms with Gasteiger partial charge in [0.15, 0.2) is 0 Å². The zero-order valence-corrected chi connectivity index (χ0v) is 13.0. The number of H-pyrrole nitrogens is 1. The molecule has 2 aromatic heterocycles. The lowest BCUT2D eigenvalue weighted by molar-refractivity contribution is 0.0782. The molecule has 0 saturated heterocycles. The number of halogens is 2. The molecule has 98 valence electrons. The minimum Gasteiger partial charge on any atom is -0.368 e. The third-order valence-corrected chi connectivity index (χ3v) is 4.92. The summed E-state index contributed by atoms with van der Waals surface area (Å²) in [5.41, 5.74) is 8.42. The molecule has 0 unspecified atom stereocenters. The van der Waals surface area contributed by atoms with Gasteiger partial charge >= 0.3 is 0 Å². The van der Waals surface area contributed by atoms with Gasteiger partial charge in [-0.3, -0.25) is 4.79 Å². The molecule has 8 heteroatoms. The first-order valence-electron chi connectivity index (χ1n) is 5.43. The molecule has 0 aromatic carbocycles. The Balaban J connectivity index is 2.37. The zero-order chi connectivity index (χ0) is 13.7. The van der Waals surface area contributed by atoms with Crippen LogP contribution in [0.5, 0.6) is 0 Å². The number of nitrogen functional groups attached to an aromatic ring is 1. The number of nitrogens with one attached hydrogen (secondary N) is 1. The van der Waals surface area contributed by atoms with Crippen LogP contribution in [0.15, 0.2) is 15.3 Å². The average Bonchev–Trinajstić information content (AvgIpc) is 2.60. The van der Waals surface area contributed by atoms with Crippen LogP contribution in [0.25, 0.3) is 11.1 Å². The molecule has 0 spiro atoms. The Bertz CT molecular complexity index is 697. The Morgan fingerprint density at radius 2 is 2.21 bits per heavy atom. The van der Waals surface area contributed by atoms with Crippen molar-refractivity contribution in [1.82, 2.24) is 19.9 Å². The van der Waals surface area contributed by atoms with E-state index in [1.807, 2.05) is 0 Å². The van der Waals surface area contributed by atoms with E-state index in [0.29, 0.717) is 16.8 Å². The van der Waals surface area contributed by atoms with Gasteiger partial charge in [-0.25, -0.2) is 9.97 Å². The molecule has 0 saturated carbocycles. The number of anilines is 1. The number of amides is 1. The number of aromatic nitrogens is 3. The summed E-state index contributed by atoms with van der Waals surface area (Å²) in [4.78, 5) is 25.2. The van der Waals surface area contributed by atoms with Gasteiger partial charge in [-0.2, -0.15) is 0 Å². The second kappa shape index (κ2) is 4.31. The van der Waals surface area contributed by atoms with Crippen molar-refractivity contribution < 1.29 is 4.79 Å². The van der Waals surface area contributed by atoms with Gasteiger partial charge in [0.25, 0.3) is 5.91 Å². The van der Waals surface area contributed by atoms with Crippen LogP contribution in [-0.2, 0) is 6.54 Å². The van der Waals surface area contributed by atoms with Crippen molar-refractivity contribution in [2.24, 2.45) is 0 Å². The van der Waals surface area contributed by atoms with E-state index in [2.05, 4.69) is 46.8 Å². The van der Waals surface area contributed by atoms with Crippen molar-refractivity contribution in [3.8, 4) is 11.1 Å². The Labute approximate surface area is 125 Å². The molecule has 19 heavy (non-hydrogen) atoms. The predicted molar refractivity (Wildman–Crippen MR) is 77.4 cm³/mol. The third-order valence-electron chi connectivity index (χ3n) is 3.00. The van der Waals surface area contributed by atoms with Crippen molar-refractivity contribution >= 4 is 43.7 Å². The standard InChI is InChI=1S/C11H9Br2N5O/c1-18-3-5-4(2-15-11(14)16-5)6-7(12)9(13)17-8(6)10(18)19/h2,17H,3H2,1H3,(H2,14,15,16). The summed E-state index contributed by atoms with van der Waals surface area (Å²) < 4.78 is 1.49. The number of fused-ring (bicyclic) bond motifs is 3. The van der Waals surface area contributed by atoms with Gasteiger partial charge in [0.1, 0.15) is 5.69 Å². The van der Waals surface area contributed by atoms with Crippen molar-refractivity contribution in [2.75, 3.05) is 12.8 Å². The van der Waals surface area contributed by atoms with E-state index >= 15 is 0 Å². The lowest BCUT2D eigenvalue weighted by atomic mass is 10.1. The minimum absolute atomic E-state index is 0.0991. The molecule has 0 bridgehead atoms. The van der Waals surface area contributed by atoms with Crippen LogP contribution in [0.3, 0.4) is 0 Å². The van der Waals surface area contributed by atoms with E-state index in [1.165, 1.54) is 0 Å². The van der Waals surface area contributed by atoms with Crippen molar-refractivity contribution in [2.45, 2.75) is 6.54 Å². The van der Waals surface area contributed by atoms with E-state index in [-0.39, 0.29) is 11.9 Å². The van der Waals surface area contributed by atoms with E-state index in [4.69, 9.17) is 5.73 Å². The molecular weight excluding hydrogens is 378 g/mol. The molecule has 1 aliphatic rings. The summed E-state index contributed by atoms with van der Waals surface area (Å²) >= 11 is 6.85. The second-order valence-electron chi connectivity index (χ2n) is 4.25. The van der Waals surface area contributed by atoms with E-state index in [1.54, 1.807) is 18.1 Å². The van der Waals surface area contributed by atoms with Gasteiger partial charge < -0.3 is 15.6 Å². The van der Waals surface area contributed by atoms with Crippen molar-refractivity contribution in [1.29, 1.82) is 0 Å². The molecule has 3 N–H and O–H groups in total. The van der Waals surface area contributed by atoms with Crippen LogP contribution < -0.4 is 5.73 Å². The molecule has 1 aliphatic heterocycles. The minimum atomic E-state index is -0.0991. The number of hydrogen-bond acceptors (Lipinski definition) is 4. The quantitative estimate of drug-likeness (QED) is 0.726. The summed E-state index contributed by atoms with van der Waals surface area (Å²) in [6.07, 6.45) is 1.65. The average molecular weight is 387 g/mol. The van der Waals surface area contributed by atoms with Gasteiger partial charge in [-0.05, 0) is 31.9 Å². The number of rotatable bonds is 0. The smallest absolute Gasteiger partial charge is 0.271 e. The summed E-state index contributed by atoms with van der Waals surface area (Å²) in [5.74, 6) is 0.103. The summed E-state index contributed by atoms with van der Waals surface area (Å²) in [6.45, 7) is 0.396. The van der Waals surface area contributed by atoms with Gasteiger partial charge in [0, 0.05) is 24.4 Å². The normalized spacial score (nSPS) is 14.1. The number of carbonyl (C=O) groups excluding carboxylic acids is 1. The predicted octanol–water partition coefficient (Wildman–Crippen LogP) is 2.16. The lowest BCUT2D eigenvalue weighted by Gasteiger charge is -2.13. The van der Waals surface area contributed by atoms with Gasteiger partial charge in [-0.15, -0.1) is 0 Å². The zero-order valence-electron chi connectivity index (χ0n) is 9.87. The second-order valence-corrected chi connectivity index (χ2v) is 5.84. The first kappa shape index (κ1) is 12.6.